The van der Waals surface area contributed by atoms with Crippen LogP contribution in [0.25, 0.3) is 0 Å². The van der Waals surface area contributed by atoms with Gasteiger partial charge in [-0.05, 0) is 68.7 Å². The zero-order valence-electron chi connectivity index (χ0n) is 19.2. The van der Waals surface area contributed by atoms with E-state index in [2.05, 4.69) is 5.32 Å². The Balaban J connectivity index is 2.08. The van der Waals surface area contributed by atoms with Gasteiger partial charge < -0.3 is 24.1 Å². The van der Waals surface area contributed by atoms with E-state index in [0.29, 0.717) is 42.2 Å². The number of esters is 1. The minimum absolute atomic E-state index is 0.0782. The molecule has 0 saturated heterocycles. The molecule has 0 radical (unpaired) electrons. The molecule has 0 fully saturated rings. The Morgan fingerprint density at radius 3 is 2.33 bits per heavy atom. The van der Waals surface area contributed by atoms with Gasteiger partial charge in [0.2, 0.25) is 0 Å². The van der Waals surface area contributed by atoms with Crippen LogP contribution in [0.5, 0.6) is 11.5 Å². The van der Waals surface area contributed by atoms with Gasteiger partial charge in [-0.3, -0.25) is 5.32 Å². The summed E-state index contributed by atoms with van der Waals surface area (Å²) in [5.74, 6) is 0.920. The molecule has 8 nitrogen and oxygen atoms in total. The summed E-state index contributed by atoms with van der Waals surface area (Å²) in [5.41, 5.74) is 1.86. The van der Waals surface area contributed by atoms with E-state index < -0.39 is 12.2 Å². The topological polar surface area (TPSA) is 103 Å². The lowest BCUT2D eigenvalue weighted by Gasteiger charge is -2.19. The lowest BCUT2D eigenvalue weighted by molar-refractivity contribution is -0.138. The van der Waals surface area contributed by atoms with Crippen molar-refractivity contribution in [3.05, 3.63) is 65.7 Å². The van der Waals surface area contributed by atoms with Gasteiger partial charge in [0.05, 0.1) is 20.3 Å². The molecule has 0 saturated carbocycles. The van der Waals surface area contributed by atoms with Crippen molar-refractivity contribution in [1.82, 2.24) is 0 Å². The molecule has 2 aromatic rings. The molecule has 2 rings (SSSR count). The molecule has 0 unspecified atom stereocenters. The molecule has 0 bridgehead atoms. The highest BCUT2D eigenvalue weighted by Crippen LogP contribution is 2.26. The largest absolute Gasteiger partial charge is 0.497 e. The highest BCUT2D eigenvalue weighted by atomic mass is 16.6. The number of aliphatic hydroxyl groups excluding tert-OH is 1. The van der Waals surface area contributed by atoms with Crippen LogP contribution in [0.3, 0.4) is 0 Å². The highest BCUT2D eigenvalue weighted by molar-refractivity contribution is 5.87. The number of anilines is 1. The first kappa shape index (κ1) is 25.7. The van der Waals surface area contributed by atoms with E-state index in [9.17, 15) is 9.59 Å². The summed E-state index contributed by atoms with van der Waals surface area (Å²) in [6, 6.07) is 14.0. The van der Waals surface area contributed by atoms with Gasteiger partial charge in [0.1, 0.15) is 24.2 Å². The molecule has 178 valence electrons. The third kappa shape index (κ3) is 8.86. The van der Waals surface area contributed by atoms with Crippen molar-refractivity contribution in [2.75, 3.05) is 32.2 Å². The minimum atomic E-state index is -0.600. The molecule has 2 N–H and O–H groups in total. The fraction of sp³-hybridized carbons (Fsp3) is 0.360. The number of hydrogen-bond donors (Lipinski definition) is 2. The normalized spacial score (nSPS) is 11.9. The summed E-state index contributed by atoms with van der Waals surface area (Å²) in [4.78, 5) is 24.4. The van der Waals surface area contributed by atoms with Gasteiger partial charge in [-0.1, -0.05) is 18.2 Å². The Hall–Kier alpha value is -3.52. The van der Waals surface area contributed by atoms with Crippen molar-refractivity contribution in [2.24, 2.45) is 0 Å². The summed E-state index contributed by atoms with van der Waals surface area (Å²) in [5, 5.41) is 11.6. The van der Waals surface area contributed by atoms with Crippen molar-refractivity contribution in [3.63, 3.8) is 0 Å². The highest BCUT2D eigenvalue weighted by Gasteiger charge is 2.17. The molecule has 33 heavy (non-hydrogen) atoms. The van der Waals surface area contributed by atoms with Gasteiger partial charge in [-0.15, -0.1) is 0 Å². The van der Waals surface area contributed by atoms with Crippen LogP contribution in [0.4, 0.5) is 10.5 Å². The lowest BCUT2D eigenvalue weighted by atomic mass is 10.0. The Labute approximate surface area is 194 Å². The van der Waals surface area contributed by atoms with Gasteiger partial charge >= 0.3 is 12.1 Å². The van der Waals surface area contributed by atoms with Crippen LogP contribution in [0.2, 0.25) is 0 Å². The number of carbonyl (C=O) groups is 2. The quantitative estimate of drug-likeness (QED) is 0.353. The van der Waals surface area contributed by atoms with E-state index in [1.54, 1.807) is 75.6 Å². The maximum Gasteiger partial charge on any atom is 0.412 e. The molecule has 2 aromatic carbocycles. The number of amides is 1. The third-order valence-electron chi connectivity index (χ3n) is 4.67. The molecule has 0 aliphatic carbocycles. The first-order valence-electron chi connectivity index (χ1n) is 10.8. The minimum Gasteiger partial charge on any atom is -0.497 e. The second-order valence-electron chi connectivity index (χ2n) is 7.07. The van der Waals surface area contributed by atoms with E-state index in [1.807, 2.05) is 0 Å². The first-order valence-corrected chi connectivity index (χ1v) is 10.8. The number of aliphatic hydroxyl groups is 1. The third-order valence-corrected chi connectivity index (χ3v) is 4.67. The zero-order valence-corrected chi connectivity index (χ0v) is 19.2. The predicted molar refractivity (Wildman–Crippen MR) is 124 cm³/mol. The van der Waals surface area contributed by atoms with E-state index in [-0.39, 0.29) is 19.2 Å². The van der Waals surface area contributed by atoms with Crippen molar-refractivity contribution in [3.8, 4) is 11.5 Å². The number of ether oxygens (including phenoxy) is 4. The Morgan fingerprint density at radius 1 is 1.06 bits per heavy atom. The standard InChI is InChI=1S/C25H31NO7/c1-4-31-24(28)18(2)6-5-7-23(19-8-12-22(13-9-19)32-17-16-27)33-25(29)26-20-10-14-21(30-3)15-11-20/h6,8-15,23,27H,4-5,7,16-17H2,1-3H3,(H,26,29)/b18-6+/t23-/m1/s1. The van der Waals surface area contributed by atoms with Gasteiger partial charge in [-0.2, -0.15) is 0 Å². The fourth-order valence-electron chi connectivity index (χ4n) is 2.97. The van der Waals surface area contributed by atoms with E-state index >= 15 is 0 Å². The van der Waals surface area contributed by atoms with Gasteiger partial charge in [0.15, 0.2) is 0 Å². The maximum atomic E-state index is 12.5. The Morgan fingerprint density at radius 2 is 1.73 bits per heavy atom. The van der Waals surface area contributed by atoms with Gasteiger partial charge in [0.25, 0.3) is 0 Å². The summed E-state index contributed by atoms with van der Waals surface area (Å²) in [6.45, 7) is 3.88. The SMILES string of the molecule is CCOC(=O)/C(C)=C/CC[C@@H](OC(=O)Nc1ccc(OC)cc1)c1ccc(OCCO)cc1. The van der Waals surface area contributed by atoms with E-state index in [0.717, 1.165) is 5.56 Å². The van der Waals surface area contributed by atoms with Crippen LogP contribution in [0.1, 0.15) is 38.4 Å². The number of methoxy groups -OCH3 is 1. The number of benzene rings is 2. The summed E-state index contributed by atoms with van der Waals surface area (Å²) in [6.07, 6.45) is 1.59. The van der Waals surface area contributed by atoms with Crippen LogP contribution in [-0.2, 0) is 14.3 Å². The average Bonchev–Trinajstić information content (AvgIpc) is 2.83. The van der Waals surface area contributed by atoms with Crippen molar-refractivity contribution >= 4 is 17.7 Å². The first-order chi connectivity index (χ1) is 16.0. The summed E-state index contributed by atoms with van der Waals surface area (Å²) >= 11 is 0. The van der Waals surface area contributed by atoms with Crippen LogP contribution in [-0.4, -0.2) is 44.1 Å². The van der Waals surface area contributed by atoms with Crippen LogP contribution in [0, 0.1) is 0 Å². The number of allylic oxidation sites excluding steroid dienone is 1. The molecule has 0 aliphatic rings. The van der Waals surface area contributed by atoms with Crippen molar-refractivity contribution in [1.29, 1.82) is 0 Å². The zero-order chi connectivity index (χ0) is 24.1. The molecular formula is C25H31NO7. The van der Waals surface area contributed by atoms with Crippen molar-refractivity contribution in [2.45, 2.75) is 32.8 Å². The molecular weight excluding hydrogens is 426 g/mol. The smallest absolute Gasteiger partial charge is 0.412 e. The lowest BCUT2D eigenvalue weighted by Crippen LogP contribution is -2.17. The molecule has 0 aromatic heterocycles. The monoisotopic (exact) mass is 457 g/mol. The van der Waals surface area contributed by atoms with E-state index in [4.69, 9.17) is 24.1 Å². The van der Waals surface area contributed by atoms with Gasteiger partial charge in [0, 0.05) is 11.3 Å². The summed E-state index contributed by atoms with van der Waals surface area (Å²) in [7, 11) is 1.57. The molecule has 8 heteroatoms. The van der Waals surface area contributed by atoms with Crippen molar-refractivity contribution < 1.29 is 33.6 Å². The number of hydrogen-bond acceptors (Lipinski definition) is 7. The second kappa shape index (κ2) is 13.8. The molecule has 1 atom stereocenters. The molecule has 0 spiro atoms. The predicted octanol–water partition coefficient (Wildman–Crippen LogP) is 4.65. The number of nitrogens with one attached hydrogen (secondary N) is 1. The van der Waals surface area contributed by atoms with Gasteiger partial charge in [-0.25, -0.2) is 9.59 Å². The summed E-state index contributed by atoms with van der Waals surface area (Å²) < 4.78 is 21.2. The second-order valence-corrected chi connectivity index (χ2v) is 7.07. The Kier molecular flexibility index (Phi) is 10.8. The molecule has 1 amide bonds. The molecule has 0 aliphatic heterocycles. The maximum absolute atomic E-state index is 12.5. The number of rotatable bonds is 12. The Bertz CT molecular complexity index is 907. The number of carbonyl (C=O) groups excluding carboxylic acids is 2. The molecule has 0 heterocycles. The van der Waals surface area contributed by atoms with Crippen LogP contribution < -0.4 is 14.8 Å². The average molecular weight is 458 g/mol. The van der Waals surface area contributed by atoms with E-state index in [1.165, 1.54) is 0 Å². The van der Waals surface area contributed by atoms with Crippen LogP contribution >= 0.6 is 0 Å². The fourth-order valence-corrected chi connectivity index (χ4v) is 2.97. The van der Waals surface area contributed by atoms with Crippen LogP contribution in [0.15, 0.2) is 60.2 Å².